The van der Waals surface area contributed by atoms with E-state index in [1.807, 2.05) is 5.57 Å². The Hall–Kier alpha value is -1.93. The van der Waals surface area contributed by atoms with Gasteiger partial charge in [-0.3, -0.25) is 0 Å². The van der Waals surface area contributed by atoms with E-state index in [0.29, 0.717) is 3.72 Å². The molecule has 38 heavy (non-hydrogen) atoms. The van der Waals surface area contributed by atoms with Crippen molar-refractivity contribution < 1.29 is 16.6 Å². The molecule has 2 aliphatic rings. The van der Waals surface area contributed by atoms with Crippen LogP contribution < -0.4 is 0 Å². The first-order chi connectivity index (χ1) is 18.4. The molecule has 0 aromatic heterocycles. The molecular weight excluding hydrogens is 508 g/mol. The van der Waals surface area contributed by atoms with Gasteiger partial charge in [0.15, 0.2) is 0 Å². The second-order valence-corrected chi connectivity index (χ2v) is 25.3. The van der Waals surface area contributed by atoms with E-state index in [-0.39, 0.29) is 0 Å². The Bertz CT molecular complexity index is 1170. The number of hydrogen-bond donors (Lipinski definition) is 0. The van der Waals surface area contributed by atoms with Crippen molar-refractivity contribution in [1.29, 1.82) is 0 Å². The Morgan fingerprint density at radius 1 is 0.684 bits per heavy atom. The molecule has 0 heterocycles. The Morgan fingerprint density at radius 3 is 1.58 bits per heavy atom. The molecule has 0 bridgehead atoms. The third-order valence-corrected chi connectivity index (χ3v) is 23.1. The summed E-state index contributed by atoms with van der Waals surface area (Å²) < 4.78 is 4.17. The summed E-state index contributed by atoms with van der Waals surface area (Å²) in [7, 11) is -1.42. The summed E-state index contributed by atoms with van der Waals surface area (Å²) in [5, 5.41) is 0. The van der Waals surface area contributed by atoms with Crippen LogP contribution in [0.5, 0.6) is 0 Å². The fraction of sp³-hybridized carbons (Fsp3) is 0.389. The van der Waals surface area contributed by atoms with Crippen LogP contribution >= 0.6 is 0 Å². The van der Waals surface area contributed by atoms with Gasteiger partial charge in [0, 0.05) is 0 Å². The summed E-state index contributed by atoms with van der Waals surface area (Å²) in [4.78, 5) is 0. The third-order valence-electron chi connectivity index (χ3n) is 9.85. The van der Waals surface area contributed by atoms with Crippen molar-refractivity contribution in [3.63, 3.8) is 0 Å². The van der Waals surface area contributed by atoms with Gasteiger partial charge in [0.2, 0.25) is 0 Å². The molecule has 3 aromatic carbocycles. The van der Waals surface area contributed by atoms with E-state index < -0.39 is 24.7 Å². The van der Waals surface area contributed by atoms with Crippen molar-refractivity contribution in [3.8, 4) is 0 Å². The number of rotatable bonds is 10. The van der Waals surface area contributed by atoms with E-state index in [2.05, 4.69) is 124 Å². The second-order valence-electron chi connectivity index (χ2n) is 12.9. The van der Waals surface area contributed by atoms with Crippen LogP contribution in [0.1, 0.15) is 56.2 Å². The standard InChI is InChI=1S/C15H25Si.3C7H7.Ti/c1-5-16(3,4)11-15-12(2)10-13-8-6-7-9-14(13)15;3*1-7-5-3-2-4-6-7;/h10H,5-9,11H2,1-4H3;3*2-6H,1H2;. The fourth-order valence-corrected chi connectivity index (χ4v) is 24.0. The van der Waals surface area contributed by atoms with Crippen LogP contribution in [-0.2, 0) is 30.8 Å². The molecule has 0 saturated heterocycles. The quantitative estimate of drug-likeness (QED) is 0.219. The minimum atomic E-state index is -2.89. The van der Waals surface area contributed by atoms with Gasteiger partial charge in [0.1, 0.15) is 0 Å². The molecule has 198 valence electrons. The SMILES string of the molecule is CC[Si](C)(C)C[C]1([Ti]([CH2]c2ccccc2)([CH2]c2ccccc2)[CH2]c2ccccc2)C(C)=CC2=C1CCCC2. The first-order valence-electron chi connectivity index (χ1n) is 14.9. The maximum absolute atomic E-state index is 2.89. The summed E-state index contributed by atoms with van der Waals surface area (Å²) in [6.45, 7) is 10.4. The zero-order chi connectivity index (χ0) is 26.6. The minimum absolute atomic E-state index is 0.295. The number of benzene rings is 3. The number of hydrogen-bond acceptors (Lipinski definition) is 0. The summed E-state index contributed by atoms with van der Waals surface area (Å²) in [6.07, 6.45) is 8.06. The molecule has 1 atom stereocenters. The molecule has 0 aliphatic heterocycles. The first kappa shape index (κ1) is 27.6. The zero-order valence-corrected chi connectivity index (χ0v) is 26.7. The molecule has 0 fully saturated rings. The van der Waals surface area contributed by atoms with E-state index in [1.54, 1.807) is 27.8 Å². The van der Waals surface area contributed by atoms with Crippen molar-refractivity contribution in [1.82, 2.24) is 0 Å². The van der Waals surface area contributed by atoms with Gasteiger partial charge in [-0.15, -0.1) is 0 Å². The van der Waals surface area contributed by atoms with Crippen LogP contribution in [0.4, 0.5) is 0 Å². The van der Waals surface area contributed by atoms with Crippen LogP contribution in [0.15, 0.2) is 114 Å². The summed E-state index contributed by atoms with van der Waals surface area (Å²) in [6, 6.07) is 37.6. The average Bonchev–Trinajstić information content (AvgIpc) is 3.22. The van der Waals surface area contributed by atoms with Crippen LogP contribution in [0.25, 0.3) is 0 Å². The van der Waals surface area contributed by atoms with Gasteiger partial charge in [-0.25, -0.2) is 0 Å². The van der Waals surface area contributed by atoms with Gasteiger partial charge < -0.3 is 0 Å². The summed E-state index contributed by atoms with van der Waals surface area (Å²) >= 11 is -2.89. The van der Waals surface area contributed by atoms with Crippen molar-refractivity contribution in [3.05, 3.63) is 130 Å². The van der Waals surface area contributed by atoms with Gasteiger partial charge >= 0.3 is 238 Å². The monoisotopic (exact) mass is 554 g/mol. The van der Waals surface area contributed by atoms with Crippen molar-refractivity contribution in [2.45, 2.75) is 82.6 Å². The van der Waals surface area contributed by atoms with Crippen molar-refractivity contribution in [2.75, 3.05) is 0 Å². The molecule has 0 spiro atoms. The van der Waals surface area contributed by atoms with Crippen LogP contribution in [0.2, 0.25) is 28.9 Å². The molecule has 2 aliphatic carbocycles. The van der Waals surface area contributed by atoms with E-state index >= 15 is 0 Å². The van der Waals surface area contributed by atoms with Gasteiger partial charge in [-0.2, -0.15) is 0 Å². The predicted molar refractivity (Wildman–Crippen MR) is 165 cm³/mol. The molecular formula is C36H46SiTi. The predicted octanol–water partition coefficient (Wildman–Crippen LogP) is 10.5. The summed E-state index contributed by atoms with van der Waals surface area (Å²) in [5.74, 6) is 0. The third kappa shape index (κ3) is 5.53. The molecule has 0 nitrogen and oxygen atoms in total. The molecule has 3 aromatic rings. The van der Waals surface area contributed by atoms with Crippen LogP contribution in [-0.4, -0.2) is 8.07 Å². The van der Waals surface area contributed by atoms with Gasteiger partial charge in [-0.1, -0.05) is 0 Å². The molecule has 0 amide bonds. The Labute approximate surface area is 236 Å². The van der Waals surface area contributed by atoms with E-state index in [0.717, 1.165) is 0 Å². The Morgan fingerprint density at radius 2 is 1.13 bits per heavy atom. The normalized spacial score (nSPS) is 19.8. The van der Waals surface area contributed by atoms with Crippen LogP contribution in [0.3, 0.4) is 0 Å². The van der Waals surface area contributed by atoms with Gasteiger partial charge in [0.05, 0.1) is 0 Å². The second kappa shape index (κ2) is 11.7. The molecule has 5 rings (SSSR count). The maximum atomic E-state index is 2.70. The van der Waals surface area contributed by atoms with Crippen molar-refractivity contribution >= 4 is 8.07 Å². The van der Waals surface area contributed by atoms with Gasteiger partial charge in [0.25, 0.3) is 0 Å². The Balaban J connectivity index is 1.80. The number of allylic oxidation sites excluding steroid dienone is 4. The molecule has 1 unspecified atom stereocenters. The van der Waals surface area contributed by atoms with E-state index in [4.69, 9.17) is 0 Å². The van der Waals surface area contributed by atoms with Crippen LogP contribution in [0, 0.1) is 0 Å². The van der Waals surface area contributed by atoms with E-state index in [1.165, 1.54) is 51.9 Å². The topological polar surface area (TPSA) is 0 Å². The van der Waals surface area contributed by atoms with E-state index in [9.17, 15) is 0 Å². The summed E-state index contributed by atoms with van der Waals surface area (Å²) in [5.41, 5.74) is 10.1. The van der Waals surface area contributed by atoms with Crippen molar-refractivity contribution in [2.24, 2.45) is 0 Å². The first-order valence-corrected chi connectivity index (χ1v) is 22.4. The van der Waals surface area contributed by atoms with Gasteiger partial charge in [-0.05, 0) is 0 Å². The Kier molecular flexibility index (Phi) is 8.48. The average molecular weight is 555 g/mol. The molecule has 0 radical (unpaired) electrons. The molecule has 2 heteroatoms. The molecule has 0 saturated carbocycles. The zero-order valence-electron chi connectivity index (χ0n) is 24.1. The molecule has 0 N–H and O–H groups in total. The fourth-order valence-electron chi connectivity index (χ4n) is 7.81.